The molecule has 28 heavy (non-hydrogen) atoms. The molecule has 1 aliphatic heterocycles. The molecule has 2 N–H and O–H groups in total. The molecule has 1 aromatic carbocycles. The highest BCUT2D eigenvalue weighted by Crippen LogP contribution is 2.27. The number of carbonyl (C=O) groups is 1. The molecule has 0 spiro atoms. The maximum atomic E-state index is 13.4. The number of halogens is 1. The first-order valence-electron chi connectivity index (χ1n) is 8.92. The molecule has 1 saturated heterocycles. The van der Waals surface area contributed by atoms with Gasteiger partial charge in [0.05, 0.1) is 11.7 Å². The summed E-state index contributed by atoms with van der Waals surface area (Å²) in [5.41, 5.74) is 7.35. The third kappa shape index (κ3) is 2.95. The van der Waals surface area contributed by atoms with Crippen molar-refractivity contribution < 1.29 is 4.79 Å². The summed E-state index contributed by atoms with van der Waals surface area (Å²) in [6.45, 7) is 4.60. The van der Waals surface area contributed by atoms with Crippen molar-refractivity contribution in [1.29, 1.82) is 0 Å². The fourth-order valence-electron chi connectivity index (χ4n) is 3.72. The molecule has 3 heterocycles. The summed E-state index contributed by atoms with van der Waals surface area (Å²) in [5, 5.41) is 0.565. The highest BCUT2D eigenvalue weighted by Gasteiger charge is 2.29. The third-order valence-corrected chi connectivity index (χ3v) is 5.27. The molecule has 0 saturated carbocycles. The number of rotatable bonds is 3. The number of carbonyl (C=O) groups excluding carboxylic acids is 1. The van der Waals surface area contributed by atoms with Crippen LogP contribution in [-0.2, 0) is 4.79 Å². The summed E-state index contributed by atoms with van der Waals surface area (Å²) < 4.78 is 3.11. The maximum Gasteiger partial charge on any atom is 0.335 e. The number of aromatic nitrogens is 4. The molecule has 8 nitrogen and oxygen atoms in total. The summed E-state index contributed by atoms with van der Waals surface area (Å²) in [7, 11) is 0. The topological polar surface area (TPSA) is 99.0 Å². The van der Waals surface area contributed by atoms with Gasteiger partial charge in [0.2, 0.25) is 5.91 Å². The predicted molar refractivity (Wildman–Crippen MR) is 108 cm³/mol. The Bertz CT molecular complexity index is 1120. The van der Waals surface area contributed by atoms with Crippen molar-refractivity contribution in [3.8, 4) is 5.69 Å². The van der Waals surface area contributed by atoms with Gasteiger partial charge in [0.25, 0.3) is 0 Å². The number of nitrogens with zero attached hydrogens (tertiary/aromatic N) is 5. The number of nitrogens with two attached hydrogens (primary N) is 1. The van der Waals surface area contributed by atoms with Crippen LogP contribution < -0.4 is 11.4 Å². The number of imidazole rings is 1. The molecular weight excluding hydrogens is 380 g/mol. The quantitative estimate of drug-likeness (QED) is 0.681. The number of anilines is 1. The van der Waals surface area contributed by atoms with E-state index in [2.05, 4.69) is 16.5 Å². The van der Waals surface area contributed by atoms with Crippen LogP contribution in [0.5, 0.6) is 0 Å². The van der Waals surface area contributed by atoms with E-state index < -0.39 is 0 Å². The van der Waals surface area contributed by atoms with E-state index in [0.29, 0.717) is 35.0 Å². The van der Waals surface area contributed by atoms with Crippen LogP contribution in [0, 0.1) is 0 Å². The molecule has 4 rings (SSSR count). The van der Waals surface area contributed by atoms with Crippen LogP contribution >= 0.6 is 11.6 Å². The average Bonchev–Trinajstić information content (AvgIpc) is 3.01. The van der Waals surface area contributed by atoms with Crippen molar-refractivity contribution in [3.63, 3.8) is 0 Å². The van der Waals surface area contributed by atoms with E-state index in [0.717, 1.165) is 12.8 Å². The first-order valence-corrected chi connectivity index (χ1v) is 9.29. The molecular formula is C19H19ClN6O2. The fourth-order valence-corrected chi connectivity index (χ4v) is 3.85. The second-order valence-electron chi connectivity index (χ2n) is 6.68. The van der Waals surface area contributed by atoms with Gasteiger partial charge in [0.1, 0.15) is 11.8 Å². The first kappa shape index (κ1) is 18.2. The molecule has 0 unspecified atom stereocenters. The van der Waals surface area contributed by atoms with Gasteiger partial charge in [-0.25, -0.2) is 14.8 Å². The Balaban J connectivity index is 1.90. The van der Waals surface area contributed by atoms with E-state index in [1.54, 1.807) is 33.7 Å². The van der Waals surface area contributed by atoms with Gasteiger partial charge in [-0.1, -0.05) is 18.2 Å². The van der Waals surface area contributed by atoms with Crippen LogP contribution in [-0.4, -0.2) is 43.0 Å². The van der Waals surface area contributed by atoms with Crippen LogP contribution in [0.1, 0.15) is 18.9 Å². The smallest absolute Gasteiger partial charge is 0.335 e. The van der Waals surface area contributed by atoms with E-state index in [4.69, 9.17) is 17.3 Å². The highest BCUT2D eigenvalue weighted by atomic mass is 35.5. The van der Waals surface area contributed by atoms with Crippen LogP contribution in [0.15, 0.2) is 48.0 Å². The summed E-state index contributed by atoms with van der Waals surface area (Å²) in [5.74, 6) is 0.0685. The SMILES string of the molecule is C=CC(=O)N1CCC[C@@H](n2c(=O)n(-c3ccc(Cl)cc3)c3c(N)ncnc32)C1. The molecule has 0 bridgehead atoms. The van der Waals surface area contributed by atoms with E-state index in [1.807, 2.05) is 0 Å². The molecule has 0 aliphatic carbocycles. The number of likely N-dealkylation sites (tertiary alicyclic amines) is 1. The van der Waals surface area contributed by atoms with Crippen LogP contribution in [0.3, 0.4) is 0 Å². The molecule has 1 atom stereocenters. The Morgan fingerprint density at radius 1 is 1.29 bits per heavy atom. The molecule has 9 heteroatoms. The zero-order valence-electron chi connectivity index (χ0n) is 15.1. The van der Waals surface area contributed by atoms with Crippen molar-refractivity contribution in [1.82, 2.24) is 24.0 Å². The molecule has 144 valence electrons. The zero-order valence-corrected chi connectivity index (χ0v) is 15.8. The number of hydrogen-bond acceptors (Lipinski definition) is 5. The molecule has 1 amide bonds. The average molecular weight is 399 g/mol. The second-order valence-corrected chi connectivity index (χ2v) is 7.12. The number of nitrogen functional groups attached to an aromatic ring is 1. The lowest BCUT2D eigenvalue weighted by Gasteiger charge is -2.32. The third-order valence-electron chi connectivity index (χ3n) is 5.01. The van der Waals surface area contributed by atoms with Crippen molar-refractivity contribution in [2.45, 2.75) is 18.9 Å². The van der Waals surface area contributed by atoms with Crippen LogP contribution in [0.25, 0.3) is 16.9 Å². The van der Waals surface area contributed by atoms with Gasteiger partial charge in [-0.15, -0.1) is 0 Å². The van der Waals surface area contributed by atoms with E-state index >= 15 is 0 Å². The normalized spacial score (nSPS) is 17.0. The molecule has 3 aromatic rings. The van der Waals surface area contributed by atoms with Crippen LogP contribution in [0.2, 0.25) is 5.02 Å². The molecule has 1 fully saturated rings. The Kier molecular flexibility index (Phi) is 4.64. The van der Waals surface area contributed by atoms with Crippen LogP contribution in [0.4, 0.5) is 5.82 Å². The van der Waals surface area contributed by atoms with Crippen molar-refractivity contribution in [2.75, 3.05) is 18.8 Å². The summed E-state index contributed by atoms with van der Waals surface area (Å²) in [4.78, 5) is 35.6. The maximum absolute atomic E-state index is 13.4. The van der Waals surface area contributed by atoms with Crippen molar-refractivity contribution in [3.05, 3.63) is 58.8 Å². The Labute approximate surface area is 165 Å². The first-order chi connectivity index (χ1) is 13.5. The lowest BCUT2D eigenvalue weighted by Crippen LogP contribution is -2.42. The van der Waals surface area contributed by atoms with Gasteiger partial charge < -0.3 is 10.6 Å². The zero-order chi connectivity index (χ0) is 19.8. The van der Waals surface area contributed by atoms with Gasteiger partial charge in [-0.05, 0) is 43.2 Å². The molecule has 1 aliphatic rings. The number of piperidine rings is 1. The van der Waals surface area contributed by atoms with Gasteiger partial charge in [-0.3, -0.25) is 13.9 Å². The lowest BCUT2D eigenvalue weighted by molar-refractivity contribution is -0.127. The van der Waals surface area contributed by atoms with Gasteiger partial charge in [0.15, 0.2) is 11.5 Å². The number of benzene rings is 1. The standard InChI is InChI=1S/C19H19ClN6O2/c1-2-15(27)24-9-3-4-14(10-24)26-18-16(17(21)22-11-23-18)25(19(26)28)13-7-5-12(20)6-8-13/h2,5-8,11,14H,1,3-4,9-10H2,(H2,21,22,23)/t14-/m1/s1. The minimum absolute atomic E-state index is 0.145. The van der Waals surface area contributed by atoms with Crippen molar-refractivity contribution in [2.24, 2.45) is 0 Å². The summed E-state index contributed by atoms with van der Waals surface area (Å²) in [6, 6.07) is 6.69. The van der Waals surface area contributed by atoms with E-state index in [9.17, 15) is 9.59 Å². The largest absolute Gasteiger partial charge is 0.382 e. The number of amides is 1. The minimum Gasteiger partial charge on any atom is -0.382 e. The van der Waals surface area contributed by atoms with Crippen molar-refractivity contribution >= 4 is 34.5 Å². The second kappa shape index (κ2) is 7.12. The fraction of sp³-hybridized carbons (Fsp3) is 0.263. The lowest BCUT2D eigenvalue weighted by atomic mass is 10.1. The van der Waals surface area contributed by atoms with Gasteiger partial charge in [-0.2, -0.15) is 0 Å². The Morgan fingerprint density at radius 3 is 2.75 bits per heavy atom. The Hall–Kier alpha value is -3.13. The number of fused-ring (bicyclic) bond motifs is 1. The molecule has 2 aromatic heterocycles. The highest BCUT2D eigenvalue weighted by molar-refractivity contribution is 6.30. The monoisotopic (exact) mass is 398 g/mol. The summed E-state index contributed by atoms with van der Waals surface area (Å²) >= 11 is 5.99. The predicted octanol–water partition coefficient (Wildman–Crippen LogP) is 2.17. The minimum atomic E-state index is -0.276. The van der Waals surface area contributed by atoms with Gasteiger partial charge >= 0.3 is 5.69 Å². The molecule has 0 radical (unpaired) electrons. The Morgan fingerprint density at radius 2 is 2.04 bits per heavy atom. The van der Waals surface area contributed by atoms with E-state index in [-0.39, 0.29) is 23.5 Å². The number of hydrogen-bond donors (Lipinski definition) is 1. The van der Waals surface area contributed by atoms with Gasteiger partial charge in [0, 0.05) is 18.1 Å². The summed E-state index contributed by atoms with van der Waals surface area (Å²) in [6.07, 6.45) is 4.17. The van der Waals surface area contributed by atoms with E-state index in [1.165, 1.54) is 17.0 Å².